The van der Waals surface area contributed by atoms with Crippen LogP contribution in [0.2, 0.25) is 0 Å². The zero-order valence-corrected chi connectivity index (χ0v) is 15.5. The van der Waals surface area contributed by atoms with Gasteiger partial charge >= 0.3 is 0 Å². The number of pyridine rings is 1. The molecule has 2 unspecified atom stereocenters. The fourth-order valence-electron chi connectivity index (χ4n) is 2.01. The van der Waals surface area contributed by atoms with Crippen LogP contribution in [-0.4, -0.2) is 16.9 Å². The second-order valence-corrected chi connectivity index (χ2v) is 6.78. The third-order valence-corrected chi connectivity index (χ3v) is 4.42. The van der Waals surface area contributed by atoms with Crippen LogP contribution < -0.4 is 10.6 Å². The summed E-state index contributed by atoms with van der Waals surface area (Å²) >= 11 is 6.83. The van der Waals surface area contributed by atoms with Crippen molar-refractivity contribution in [1.82, 2.24) is 10.3 Å². The molecule has 2 atom stereocenters. The smallest absolute Gasteiger partial charge is 0.241 e. The number of benzene rings is 1. The molecule has 0 aliphatic heterocycles. The van der Waals surface area contributed by atoms with Crippen LogP contribution in [0.3, 0.4) is 0 Å². The Kier molecular flexibility index (Phi) is 6.11. The molecule has 116 valence electrons. The quantitative estimate of drug-likeness (QED) is 0.749. The molecule has 0 spiro atoms. The van der Waals surface area contributed by atoms with E-state index in [0.29, 0.717) is 0 Å². The van der Waals surface area contributed by atoms with Crippen molar-refractivity contribution in [2.45, 2.75) is 25.9 Å². The number of carbonyl (C=O) groups is 1. The van der Waals surface area contributed by atoms with Crippen molar-refractivity contribution in [2.24, 2.45) is 0 Å². The van der Waals surface area contributed by atoms with Gasteiger partial charge in [-0.25, -0.2) is 0 Å². The van der Waals surface area contributed by atoms with E-state index < -0.39 is 0 Å². The van der Waals surface area contributed by atoms with Gasteiger partial charge in [0.15, 0.2) is 0 Å². The normalized spacial score (nSPS) is 13.5. The van der Waals surface area contributed by atoms with Crippen molar-refractivity contribution in [3.05, 3.63) is 57.2 Å². The molecule has 0 aliphatic rings. The van der Waals surface area contributed by atoms with E-state index in [0.717, 1.165) is 20.2 Å². The predicted molar refractivity (Wildman–Crippen MR) is 95.7 cm³/mol. The Labute approximate surface area is 147 Å². The Morgan fingerprint density at radius 2 is 2.00 bits per heavy atom. The first-order chi connectivity index (χ1) is 10.5. The van der Waals surface area contributed by atoms with Gasteiger partial charge in [0.25, 0.3) is 0 Å². The Morgan fingerprint density at radius 1 is 1.23 bits per heavy atom. The Hall–Kier alpha value is -1.24. The van der Waals surface area contributed by atoms with Gasteiger partial charge in [0.05, 0.1) is 11.7 Å². The maximum Gasteiger partial charge on any atom is 0.241 e. The number of hydrogen-bond acceptors (Lipinski definition) is 3. The summed E-state index contributed by atoms with van der Waals surface area (Å²) in [4.78, 5) is 16.4. The molecular weight excluding hydrogens is 410 g/mol. The molecular formula is C16H17Br2N3O. The van der Waals surface area contributed by atoms with Crippen LogP contribution in [0.25, 0.3) is 0 Å². The first kappa shape index (κ1) is 17.1. The van der Waals surface area contributed by atoms with Gasteiger partial charge in [-0.05, 0) is 59.6 Å². The molecule has 0 radical (unpaired) electrons. The number of carbonyl (C=O) groups excluding carboxylic acids is 1. The largest absolute Gasteiger partial charge is 0.324 e. The topological polar surface area (TPSA) is 54.0 Å². The monoisotopic (exact) mass is 425 g/mol. The first-order valence-corrected chi connectivity index (χ1v) is 8.48. The van der Waals surface area contributed by atoms with Crippen molar-refractivity contribution >= 4 is 43.5 Å². The van der Waals surface area contributed by atoms with Gasteiger partial charge in [0.2, 0.25) is 5.91 Å². The van der Waals surface area contributed by atoms with Gasteiger partial charge in [-0.1, -0.05) is 22.0 Å². The number of nitrogens with zero attached hydrogens (tertiary/aromatic N) is 1. The van der Waals surface area contributed by atoms with Gasteiger partial charge in [-0.3, -0.25) is 15.1 Å². The summed E-state index contributed by atoms with van der Waals surface area (Å²) in [5.74, 6) is -0.0845. The average molecular weight is 427 g/mol. The zero-order chi connectivity index (χ0) is 16.1. The number of halogens is 2. The highest BCUT2D eigenvalue weighted by Crippen LogP contribution is 2.26. The lowest BCUT2D eigenvalue weighted by atomic mass is 10.1. The van der Waals surface area contributed by atoms with E-state index in [4.69, 9.17) is 0 Å². The minimum Gasteiger partial charge on any atom is -0.324 e. The summed E-state index contributed by atoms with van der Waals surface area (Å²) in [5.41, 5.74) is 1.79. The number of amides is 1. The maximum atomic E-state index is 12.3. The van der Waals surface area contributed by atoms with Gasteiger partial charge < -0.3 is 5.32 Å². The van der Waals surface area contributed by atoms with E-state index in [9.17, 15) is 4.79 Å². The third-order valence-electron chi connectivity index (χ3n) is 3.27. The third kappa shape index (κ3) is 4.63. The molecule has 1 amide bonds. The number of hydrogen-bond donors (Lipinski definition) is 2. The zero-order valence-electron chi connectivity index (χ0n) is 12.3. The summed E-state index contributed by atoms with van der Waals surface area (Å²) < 4.78 is 1.79. The van der Waals surface area contributed by atoms with Crippen molar-refractivity contribution in [3.63, 3.8) is 0 Å². The molecule has 0 saturated carbocycles. The van der Waals surface area contributed by atoms with Crippen LogP contribution in [-0.2, 0) is 4.79 Å². The summed E-state index contributed by atoms with van der Waals surface area (Å²) in [5, 5.41) is 6.18. The van der Waals surface area contributed by atoms with E-state index in [2.05, 4.69) is 47.5 Å². The highest BCUT2D eigenvalue weighted by atomic mass is 79.9. The minimum atomic E-state index is -0.328. The molecule has 1 aromatic carbocycles. The Balaban J connectivity index is 1.97. The van der Waals surface area contributed by atoms with Crippen molar-refractivity contribution in [1.29, 1.82) is 0 Å². The molecule has 1 aromatic heterocycles. The van der Waals surface area contributed by atoms with Crippen LogP contribution in [0.1, 0.15) is 25.5 Å². The van der Waals surface area contributed by atoms with Crippen LogP contribution in [0.5, 0.6) is 0 Å². The second-order valence-electron chi connectivity index (χ2n) is 5.01. The summed E-state index contributed by atoms with van der Waals surface area (Å²) in [7, 11) is 0. The molecule has 4 nitrogen and oxygen atoms in total. The molecule has 1 heterocycles. The number of rotatable bonds is 5. The molecule has 2 rings (SSSR count). The molecule has 0 aliphatic carbocycles. The van der Waals surface area contributed by atoms with Gasteiger partial charge in [-0.15, -0.1) is 0 Å². The van der Waals surface area contributed by atoms with Crippen molar-refractivity contribution < 1.29 is 4.79 Å². The maximum absolute atomic E-state index is 12.3. The Morgan fingerprint density at radius 3 is 2.64 bits per heavy atom. The lowest BCUT2D eigenvalue weighted by molar-refractivity contribution is -0.117. The molecule has 2 N–H and O–H groups in total. The molecule has 0 fully saturated rings. The number of aromatic nitrogens is 1. The fourth-order valence-corrected chi connectivity index (χ4v) is 3.16. The highest BCUT2D eigenvalue weighted by Gasteiger charge is 2.17. The summed E-state index contributed by atoms with van der Waals surface area (Å²) in [6, 6.07) is 9.22. The summed E-state index contributed by atoms with van der Waals surface area (Å²) in [6.07, 6.45) is 3.53. The highest BCUT2D eigenvalue weighted by molar-refractivity contribution is 9.11. The predicted octanol–water partition coefficient (Wildman–Crippen LogP) is 4.28. The van der Waals surface area contributed by atoms with Gasteiger partial charge in [0, 0.05) is 27.4 Å². The van der Waals surface area contributed by atoms with E-state index in [1.165, 1.54) is 0 Å². The van der Waals surface area contributed by atoms with E-state index >= 15 is 0 Å². The van der Waals surface area contributed by atoms with Gasteiger partial charge in [0.1, 0.15) is 0 Å². The fraction of sp³-hybridized carbons (Fsp3) is 0.250. The first-order valence-electron chi connectivity index (χ1n) is 6.89. The van der Waals surface area contributed by atoms with Crippen molar-refractivity contribution in [2.75, 3.05) is 5.32 Å². The van der Waals surface area contributed by atoms with Crippen LogP contribution >= 0.6 is 31.9 Å². The van der Waals surface area contributed by atoms with Crippen LogP contribution in [0, 0.1) is 0 Å². The minimum absolute atomic E-state index is 0.0443. The van der Waals surface area contributed by atoms with Gasteiger partial charge in [-0.2, -0.15) is 0 Å². The lowest BCUT2D eigenvalue weighted by Gasteiger charge is -2.20. The standard InChI is InChI=1S/C16H17Br2N3O/c1-10(12-4-3-7-19-9-12)20-11(2)16(22)21-15-6-5-13(17)8-14(15)18/h3-11,20H,1-2H3,(H,21,22). The second kappa shape index (κ2) is 7.85. The molecule has 0 bridgehead atoms. The number of nitrogens with one attached hydrogen (secondary N) is 2. The average Bonchev–Trinajstić information content (AvgIpc) is 2.50. The van der Waals surface area contributed by atoms with E-state index in [-0.39, 0.29) is 18.0 Å². The lowest BCUT2D eigenvalue weighted by Crippen LogP contribution is -2.39. The molecule has 0 saturated heterocycles. The molecule has 22 heavy (non-hydrogen) atoms. The SMILES string of the molecule is CC(NC(C)c1cccnc1)C(=O)Nc1ccc(Br)cc1Br. The Bertz CT molecular complexity index is 649. The van der Waals surface area contributed by atoms with E-state index in [1.54, 1.807) is 12.4 Å². The molecule has 2 aromatic rings. The van der Waals surface area contributed by atoms with Crippen LogP contribution in [0.15, 0.2) is 51.7 Å². The number of anilines is 1. The van der Waals surface area contributed by atoms with Crippen LogP contribution in [0.4, 0.5) is 5.69 Å². The molecule has 6 heteroatoms. The van der Waals surface area contributed by atoms with Crippen molar-refractivity contribution in [3.8, 4) is 0 Å². The summed E-state index contributed by atoms with van der Waals surface area (Å²) in [6.45, 7) is 3.85. The van der Waals surface area contributed by atoms with E-state index in [1.807, 2.05) is 44.2 Å².